The highest BCUT2D eigenvalue weighted by molar-refractivity contribution is 5.33. The lowest BCUT2D eigenvalue weighted by Crippen LogP contribution is -2.51. The van der Waals surface area contributed by atoms with E-state index in [0.717, 1.165) is 19.5 Å². The van der Waals surface area contributed by atoms with Crippen LogP contribution in [0.2, 0.25) is 0 Å². The van der Waals surface area contributed by atoms with E-state index in [1.165, 1.54) is 5.56 Å². The number of aliphatic imine (C=N–C) groups is 1. The van der Waals surface area contributed by atoms with E-state index in [4.69, 9.17) is 4.74 Å². The van der Waals surface area contributed by atoms with Gasteiger partial charge in [0.25, 0.3) is 0 Å². The molecule has 0 radical (unpaired) electrons. The van der Waals surface area contributed by atoms with Crippen LogP contribution in [0.1, 0.15) is 46.1 Å². The van der Waals surface area contributed by atoms with Gasteiger partial charge in [-0.05, 0) is 39.7 Å². The molecule has 0 amide bonds. The van der Waals surface area contributed by atoms with Gasteiger partial charge in [-0.3, -0.25) is 4.90 Å². The van der Waals surface area contributed by atoms with Crippen molar-refractivity contribution >= 4 is 6.08 Å². The van der Waals surface area contributed by atoms with Crippen molar-refractivity contribution in [3.05, 3.63) is 35.9 Å². The molecule has 2 unspecified atom stereocenters. The number of benzene rings is 1. The smallest absolute Gasteiger partial charge is 0.236 e. The number of nitrogens with zero attached hydrogens (tertiary/aromatic N) is 2. The van der Waals surface area contributed by atoms with E-state index in [1.54, 1.807) is 6.08 Å². The van der Waals surface area contributed by atoms with Crippen molar-refractivity contribution in [3.8, 4) is 0 Å². The van der Waals surface area contributed by atoms with E-state index in [-0.39, 0.29) is 17.4 Å². The molecule has 1 saturated heterocycles. The van der Waals surface area contributed by atoms with Crippen molar-refractivity contribution in [3.63, 3.8) is 0 Å². The highest BCUT2D eigenvalue weighted by atomic mass is 16.5. The largest absolute Gasteiger partial charge is 0.370 e. The molecule has 0 N–H and O–H groups in total. The lowest BCUT2D eigenvalue weighted by Gasteiger charge is -2.45. The van der Waals surface area contributed by atoms with Gasteiger partial charge in [0.2, 0.25) is 6.08 Å². The summed E-state index contributed by atoms with van der Waals surface area (Å²) in [5, 5.41) is 0. The first kappa shape index (κ1) is 16.9. The minimum Gasteiger partial charge on any atom is -0.370 e. The summed E-state index contributed by atoms with van der Waals surface area (Å²) < 4.78 is 6.22. The van der Waals surface area contributed by atoms with Crippen LogP contribution in [-0.4, -0.2) is 34.9 Å². The number of hydrogen-bond donors (Lipinski definition) is 0. The van der Waals surface area contributed by atoms with Gasteiger partial charge in [0.1, 0.15) is 6.17 Å². The third-order valence-corrected chi connectivity index (χ3v) is 3.95. The molecule has 22 heavy (non-hydrogen) atoms. The van der Waals surface area contributed by atoms with Crippen LogP contribution in [0.5, 0.6) is 0 Å². The molecule has 0 aromatic heterocycles. The summed E-state index contributed by atoms with van der Waals surface area (Å²) in [7, 11) is 0. The van der Waals surface area contributed by atoms with Crippen LogP contribution in [0.4, 0.5) is 0 Å². The van der Waals surface area contributed by atoms with Crippen molar-refractivity contribution in [1.82, 2.24) is 4.90 Å². The molecule has 1 heterocycles. The topological polar surface area (TPSA) is 41.9 Å². The zero-order valence-corrected chi connectivity index (χ0v) is 14.0. The van der Waals surface area contributed by atoms with E-state index in [0.29, 0.717) is 6.42 Å². The summed E-state index contributed by atoms with van der Waals surface area (Å²) >= 11 is 0. The first-order valence-corrected chi connectivity index (χ1v) is 7.86. The average molecular weight is 302 g/mol. The molecule has 0 aliphatic carbocycles. The highest BCUT2D eigenvalue weighted by Gasteiger charge is 2.39. The number of isocyanates is 1. The molecule has 1 aliphatic rings. The van der Waals surface area contributed by atoms with Gasteiger partial charge in [-0.1, -0.05) is 30.3 Å². The molecule has 120 valence electrons. The van der Waals surface area contributed by atoms with Gasteiger partial charge < -0.3 is 4.74 Å². The van der Waals surface area contributed by atoms with Gasteiger partial charge in [0.05, 0.1) is 11.2 Å². The van der Waals surface area contributed by atoms with Crippen LogP contribution in [0, 0.1) is 0 Å². The van der Waals surface area contributed by atoms with Crippen LogP contribution in [0.15, 0.2) is 35.3 Å². The molecule has 4 nitrogen and oxygen atoms in total. The summed E-state index contributed by atoms with van der Waals surface area (Å²) in [6.45, 7) is 9.96. The predicted octanol–water partition coefficient (Wildman–Crippen LogP) is 3.52. The lowest BCUT2D eigenvalue weighted by atomic mass is 9.89. The fourth-order valence-electron chi connectivity index (χ4n) is 3.17. The number of carbonyl (C=O) groups excluding carboxylic acids is 1. The predicted molar refractivity (Wildman–Crippen MR) is 87.2 cm³/mol. The second-order valence-electron chi connectivity index (χ2n) is 7.28. The number of ether oxygens (including phenoxy) is 1. The first-order chi connectivity index (χ1) is 10.3. The van der Waals surface area contributed by atoms with Gasteiger partial charge in [-0.25, -0.2) is 4.79 Å². The fourth-order valence-corrected chi connectivity index (χ4v) is 3.17. The van der Waals surface area contributed by atoms with Crippen LogP contribution < -0.4 is 0 Å². The van der Waals surface area contributed by atoms with E-state index < -0.39 is 0 Å². The Kier molecular flexibility index (Phi) is 5.17. The number of rotatable bonds is 4. The van der Waals surface area contributed by atoms with Crippen LogP contribution in [-0.2, 0) is 16.1 Å². The van der Waals surface area contributed by atoms with Crippen molar-refractivity contribution in [1.29, 1.82) is 0 Å². The normalized spacial score (nSPS) is 26.5. The Morgan fingerprint density at radius 1 is 1.36 bits per heavy atom. The lowest BCUT2D eigenvalue weighted by molar-refractivity contribution is -0.155. The van der Waals surface area contributed by atoms with E-state index in [1.807, 2.05) is 18.2 Å². The minimum absolute atomic E-state index is 0.168. The maximum atomic E-state index is 10.8. The number of likely N-dealkylation sites (tertiary alicyclic amines) is 1. The molecule has 1 aromatic rings. The quantitative estimate of drug-likeness (QED) is 0.631. The van der Waals surface area contributed by atoms with E-state index in [9.17, 15) is 4.79 Å². The molecule has 1 fully saturated rings. The Labute approximate surface area is 133 Å². The van der Waals surface area contributed by atoms with Gasteiger partial charge in [0, 0.05) is 19.5 Å². The molecule has 4 heteroatoms. The van der Waals surface area contributed by atoms with Crippen molar-refractivity contribution in [2.24, 2.45) is 4.99 Å². The van der Waals surface area contributed by atoms with Gasteiger partial charge in [-0.2, -0.15) is 4.99 Å². The average Bonchev–Trinajstić information content (AvgIpc) is 2.41. The zero-order valence-electron chi connectivity index (χ0n) is 14.0. The molecular weight excluding hydrogens is 276 g/mol. The summed E-state index contributed by atoms with van der Waals surface area (Å²) in [4.78, 5) is 17.1. The van der Waals surface area contributed by atoms with E-state index >= 15 is 0 Å². The fraction of sp³-hybridized carbons (Fsp3) is 0.611. The molecule has 1 aromatic carbocycles. The minimum atomic E-state index is -0.254. The molecule has 2 rings (SSSR count). The zero-order chi connectivity index (χ0) is 16.2. The summed E-state index contributed by atoms with van der Waals surface area (Å²) in [5.74, 6) is 0. The standard InChI is InChI=1S/C18H26N2O2/c1-17(2,3)22-18(4)10-11-20(16(12-18)19-14-21)13-15-8-6-5-7-9-15/h5-9,16H,10-13H2,1-4H3. The van der Waals surface area contributed by atoms with Crippen molar-refractivity contribution in [2.45, 2.75) is 64.4 Å². The monoisotopic (exact) mass is 302 g/mol. The Bertz CT molecular complexity index is 532. The second kappa shape index (κ2) is 6.74. The van der Waals surface area contributed by atoms with Gasteiger partial charge in [-0.15, -0.1) is 0 Å². The number of piperidine rings is 1. The molecule has 2 atom stereocenters. The Morgan fingerprint density at radius 3 is 2.64 bits per heavy atom. The van der Waals surface area contributed by atoms with Crippen molar-refractivity contribution in [2.75, 3.05) is 6.54 Å². The number of hydrogen-bond acceptors (Lipinski definition) is 4. The molecule has 0 bridgehead atoms. The van der Waals surface area contributed by atoms with E-state index in [2.05, 4.69) is 49.7 Å². The maximum Gasteiger partial charge on any atom is 0.236 e. The second-order valence-corrected chi connectivity index (χ2v) is 7.28. The molecule has 0 saturated carbocycles. The van der Waals surface area contributed by atoms with Crippen LogP contribution in [0.3, 0.4) is 0 Å². The Balaban J connectivity index is 2.10. The van der Waals surface area contributed by atoms with Crippen LogP contribution in [0.25, 0.3) is 0 Å². The van der Waals surface area contributed by atoms with Gasteiger partial charge >= 0.3 is 0 Å². The summed E-state index contributed by atoms with van der Waals surface area (Å²) in [6, 6.07) is 10.3. The third-order valence-electron chi connectivity index (χ3n) is 3.95. The highest BCUT2D eigenvalue weighted by Crippen LogP contribution is 2.34. The SMILES string of the molecule is CC(C)(C)OC1(C)CCN(Cc2ccccc2)C(N=C=O)C1. The van der Waals surface area contributed by atoms with Crippen molar-refractivity contribution < 1.29 is 9.53 Å². The Morgan fingerprint density at radius 2 is 2.05 bits per heavy atom. The molecule has 0 spiro atoms. The van der Waals surface area contributed by atoms with Crippen LogP contribution >= 0.6 is 0 Å². The van der Waals surface area contributed by atoms with Gasteiger partial charge in [0.15, 0.2) is 0 Å². The summed E-state index contributed by atoms with van der Waals surface area (Å²) in [6.07, 6.45) is 3.21. The molecular formula is C18H26N2O2. The Hall–Kier alpha value is -1.48. The maximum absolute atomic E-state index is 10.8. The molecule has 1 aliphatic heterocycles. The summed E-state index contributed by atoms with van der Waals surface area (Å²) in [5.41, 5.74) is 0.774. The first-order valence-electron chi connectivity index (χ1n) is 7.86. The third kappa shape index (κ3) is 4.77.